The highest BCUT2D eigenvalue weighted by Gasteiger charge is 2.27. The van der Waals surface area contributed by atoms with E-state index in [1.807, 2.05) is 12.3 Å². The van der Waals surface area contributed by atoms with Crippen LogP contribution in [-0.2, 0) is 6.42 Å². The molecule has 0 spiro atoms. The smallest absolute Gasteiger partial charge is 0.251 e. The van der Waals surface area contributed by atoms with Crippen LogP contribution in [0.2, 0.25) is 0 Å². The number of hydrogen-bond donors (Lipinski definition) is 1. The van der Waals surface area contributed by atoms with Gasteiger partial charge in [-0.15, -0.1) is 0 Å². The Bertz CT molecular complexity index is 942. The Morgan fingerprint density at radius 1 is 1.14 bits per heavy atom. The summed E-state index contributed by atoms with van der Waals surface area (Å²) in [5.74, 6) is 0.641. The standard InChI is InChI=1S/C23H23N3O2/c1-28-20-10-8-18(9-11-20)23(27)25-16-22(19-6-4-13-24-15-19)26-14-12-17-5-2-3-7-21(17)26/h2-11,13,15,22H,12,14,16H2,1H3,(H,25,27)/t22-/m1/s1. The van der Waals surface area contributed by atoms with Gasteiger partial charge in [-0.1, -0.05) is 24.3 Å². The number of benzene rings is 2. The maximum atomic E-state index is 12.7. The first-order valence-electron chi connectivity index (χ1n) is 9.43. The van der Waals surface area contributed by atoms with E-state index in [1.54, 1.807) is 37.6 Å². The number of anilines is 1. The van der Waals surface area contributed by atoms with E-state index >= 15 is 0 Å². The van der Waals surface area contributed by atoms with Crippen molar-refractivity contribution in [1.82, 2.24) is 10.3 Å². The minimum Gasteiger partial charge on any atom is -0.497 e. The number of carbonyl (C=O) groups excluding carboxylic acids is 1. The molecule has 5 heteroatoms. The van der Waals surface area contributed by atoms with Gasteiger partial charge in [-0.2, -0.15) is 0 Å². The van der Waals surface area contributed by atoms with E-state index in [4.69, 9.17) is 4.74 Å². The van der Waals surface area contributed by atoms with Crippen molar-refractivity contribution in [2.75, 3.05) is 25.1 Å². The summed E-state index contributed by atoms with van der Waals surface area (Å²) in [6.45, 7) is 1.43. The number of carbonyl (C=O) groups is 1. The topological polar surface area (TPSA) is 54.5 Å². The molecular formula is C23H23N3O2. The quantitative estimate of drug-likeness (QED) is 0.717. The van der Waals surface area contributed by atoms with Crippen molar-refractivity contribution in [2.24, 2.45) is 0 Å². The van der Waals surface area contributed by atoms with Gasteiger partial charge in [0.25, 0.3) is 5.91 Å². The van der Waals surface area contributed by atoms with Gasteiger partial charge >= 0.3 is 0 Å². The minimum absolute atomic E-state index is 0.0274. The summed E-state index contributed by atoms with van der Waals surface area (Å²) in [6.07, 6.45) is 4.67. The molecule has 1 aromatic heterocycles. The Balaban J connectivity index is 1.54. The van der Waals surface area contributed by atoms with E-state index < -0.39 is 0 Å². The molecule has 1 atom stereocenters. The molecule has 1 aliphatic heterocycles. The molecule has 5 nitrogen and oxygen atoms in total. The molecule has 0 fully saturated rings. The van der Waals surface area contributed by atoms with Gasteiger partial charge in [0.1, 0.15) is 5.75 Å². The highest BCUT2D eigenvalue weighted by Crippen LogP contribution is 2.34. The lowest BCUT2D eigenvalue weighted by molar-refractivity contribution is 0.0951. The molecule has 1 N–H and O–H groups in total. The Kier molecular flexibility index (Phi) is 5.24. The lowest BCUT2D eigenvalue weighted by Gasteiger charge is -2.31. The summed E-state index contributed by atoms with van der Waals surface area (Å²) in [5.41, 5.74) is 4.29. The predicted octanol–water partition coefficient (Wildman–Crippen LogP) is 3.62. The average Bonchev–Trinajstić information content (AvgIpc) is 3.19. The molecule has 0 unspecified atom stereocenters. The third-order valence-corrected chi connectivity index (χ3v) is 5.18. The van der Waals surface area contributed by atoms with E-state index in [0.29, 0.717) is 12.1 Å². The predicted molar refractivity (Wildman–Crippen MR) is 110 cm³/mol. The first-order chi connectivity index (χ1) is 13.8. The van der Waals surface area contributed by atoms with Gasteiger partial charge in [0.2, 0.25) is 0 Å². The number of para-hydroxylation sites is 1. The van der Waals surface area contributed by atoms with Crippen molar-refractivity contribution >= 4 is 11.6 Å². The first-order valence-corrected chi connectivity index (χ1v) is 9.43. The normalized spacial score (nSPS) is 13.7. The molecule has 2 aromatic carbocycles. The number of ether oxygens (including phenoxy) is 1. The molecule has 0 saturated heterocycles. The second kappa shape index (κ2) is 8.13. The van der Waals surface area contributed by atoms with Crippen LogP contribution >= 0.6 is 0 Å². The van der Waals surface area contributed by atoms with E-state index in [2.05, 4.69) is 45.5 Å². The fourth-order valence-electron chi connectivity index (χ4n) is 3.70. The summed E-state index contributed by atoms with van der Waals surface area (Å²) < 4.78 is 5.16. The number of methoxy groups -OCH3 is 1. The van der Waals surface area contributed by atoms with Crippen molar-refractivity contribution in [3.05, 3.63) is 89.7 Å². The van der Waals surface area contributed by atoms with Crippen LogP contribution in [0, 0.1) is 0 Å². The molecule has 2 heterocycles. The monoisotopic (exact) mass is 373 g/mol. The van der Waals surface area contributed by atoms with Crippen LogP contribution in [0.1, 0.15) is 27.5 Å². The van der Waals surface area contributed by atoms with Gasteiger partial charge in [-0.05, 0) is 53.9 Å². The number of amides is 1. The molecule has 28 heavy (non-hydrogen) atoms. The Hall–Kier alpha value is -3.34. The second-order valence-electron chi connectivity index (χ2n) is 6.81. The van der Waals surface area contributed by atoms with Gasteiger partial charge in [-0.25, -0.2) is 0 Å². The number of nitrogens with zero attached hydrogens (tertiary/aromatic N) is 2. The van der Waals surface area contributed by atoms with Gasteiger partial charge in [0.15, 0.2) is 0 Å². The first kappa shape index (κ1) is 18.0. The van der Waals surface area contributed by atoms with Crippen molar-refractivity contribution in [1.29, 1.82) is 0 Å². The number of pyridine rings is 1. The Labute approximate surface area is 165 Å². The second-order valence-corrected chi connectivity index (χ2v) is 6.81. The van der Waals surface area contributed by atoms with E-state index in [9.17, 15) is 4.79 Å². The minimum atomic E-state index is -0.0935. The fourth-order valence-corrected chi connectivity index (χ4v) is 3.70. The van der Waals surface area contributed by atoms with Crippen LogP contribution in [0.4, 0.5) is 5.69 Å². The van der Waals surface area contributed by atoms with Gasteiger partial charge in [0.05, 0.1) is 13.2 Å². The van der Waals surface area contributed by atoms with Crippen molar-refractivity contribution in [2.45, 2.75) is 12.5 Å². The average molecular weight is 373 g/mol. The summed E-state index contributed by atoms with van der Waals surface area (Å²) in [5, 5.41) is 3.09. The molecule has 3 aromatic rings. The van der Waals surface area contributed by atoms with Crippen LogP contribution in [-0.4, -0.2) is 31.1 Å². The number of aromatic nitrogens is 1. The van der Waals surface area contributed by atoms with E-state index in [1.165, 1.54) is 11.3 Å². The number of rotatable bonds is 6. The molecule has 1 amide bonds. The fraction of sp³-hybridized carbons (Fsp3) is 0.217. The molecule has 4 rings (SSSR count). The van der Waals surface area contributed by atoms with Crippen LogP contribution < -0.4 is 15.0 Å². The Morgan fingerprint density at radius 3 is 2.71 bits per heavy atom. The van der Waals surface area contributed by atoms with Crippen molar-refractivity contribution in [3.8, 4) is 5.75 Å². The van der Waals surface area contributed by atoms with Crippen LogP contribution in [0.5, 0.6) is 5.75 Å². The SMILES string of the molecule is COc1ccc(C(=O)NC[C@H](c2cccnc2)N2CCc3ccccc32)cc1. The zero-order chi connectivity index (χ0) is 19.3. The highest BCUT2D eigenvalue weighted by atomic mass is 16.5. The number of hydrogen-bond acceptors (Lipinski definition) is 4. The molecule has 0 saturated carbocycles. The zero-order valence-corrected chi connectivity index (χ0v) is 15.8. The third kappa shape index (κ3) is 3.69. The van der Waals surface area contributed by atoms with Crippen LogP contribution in [0.3, 0.4) is 0 Å². The van der Waals surface area contributed by atoms with Crippen LogP contribution in [0.25, 0.3) is 0 Å². The van der Waals surface area contributed by atoms with Gasteiger partial charge in [0, 0.05) is 36.7 Å². The van der Waals surface area contributed by atoms with Gasteiger partial charge < -0.3 is 15.0 Å². The molecule has 0 aliphatic carbocycles. The third-order valence-electron chi connectivity index (χ3n) is 5.18. The van der Waals surface area contributed by atoms with Crippen molar-refractivity contribution in [3.63, 3.8) is 0 Å². The number of fused-ring (bicyclic) bond motifs is 1. The molecular weight excluding hydrogens is 350 g/mol. The molecule has 1 aliphatic rings. The van der Waals surface area contributed by atoms with Gasteiger partial charge in [-0.3, -0.25) is 9.78 Å². The lowest BCUT2D eigenvalue weighted by atomic mass is 10.1. The van der Waals surface area contributed by atoms with E-state index in [0.717, 1.165) is 24.3 Å². The van der Waals surface area contributed by atoms with Crippen LogP contribution in [0.15, 0.2) is 73.1 Å². The summed E-state index contributed by atoms with van der Waals surface area (Å²) in [7, 11) is 1.61. The van der Waals surface area contributed by atoms with E-state index in [-0.39, 0.29) is 11.9 Å². The maximum absolute atomic E-state index is 12.7. The Morgan fingerprint density at radius 2 is 1.96 bits per heavy atom. The van der Waals surface area contributed by atoms with Crippen molar-refractivity contribution < 1.29 is 9.53 Å². The summed E-state index contributed by atoms with van der Waals surface area (Å²) in [6, 6.07) is 19.6. The number of nitrogens with one attached hydrogen (secondary N) is 1. The summed E-state index contributed by atoms with van der Waals surface area (Å²) in [4.78, 5) is 19.3. The molecule has 0 radical (unpaired) electrons. The zero-order valence-electron chi connectivity index (χ0n) is 15.8. The maximum Gasteiger partial charge on any atom is 0.251 e. The lowest BCUT2D eigenvalue weighted by Crippen LogP contribution is -2.37. The highest BCUT2D eigenvalue weighted by molar-refractivity contribution is 5.94. The summed E-state index contributed by atoms with van der Waals surface area (Å²) >= 11 is 0. The molecule has 0 bridgehead atoms. The largest absolute Gasteiger partial charge is 0.497 e. The molecule has 142 valence electrons.